The van der Waals surface area contributed by atoms with Crippen molar-refractivity contribution in [3.63, 3.8) is 0 Å². The number of nitrogens with one attached hydrogen (secondary N) is 1. The molecule has 2 atom stereocenters. The van der Waals surface area contributed by atoms with E-state index in [1.807, 2.05) is 12.1 Å². The molecule has 2 heterocycles. The molecular weight excluding hydrogens is 204 g/mol. The van der Waals surface area contributed by atoms with E-state index in [2.05, 4.69) is 11.4 Å². The molecule has 82 valence electrons. The zero-order valence-corrected chi connectivity index (χ0v) is 8.77. The highest BCUT2D eigenvalue weighted by molar-refractivity contribution is 5.34. The van der Waals surface area contributed by atoms with E-state index in [1.54, 1.807) is 12.1 Å². The fourth-order valence-corrected chi connectivity index (χ4v) is 2.21. The maximum absolute atomic E-state index is 8.74. The van der Waals surface area contributed by atoms with Gasteiger partial charge in [-0.3, -0.25) is 0 Å². The molecule has 1 aromatic carbocycles. The van der Waals surface area contributed by atoms with E-state index in [4.69, 9.17) is 14.7 Å². The number of rotatable bonds is 1. The van der Waals surface area contributed by atoms with Gasteiger partial charge in [-0.05, 0) is 12.1 Å². The number of hydrogen-bond acceptors (Lipinski definition) is 4. The van der Waals surface area contributed by atoms with Crippen LogP contribution < -0.4 is 5.32 Å². The lowest BCUT2D eigenvalue weighted by atomic mass is 10.0. The van der Waals surface area contributed by atoms with Crippen LogP contribution in [0.3, 0.4) is 0 Å². The van der Waals surface area contributed by atoms with Crippen LogP contribution in [0.5, 0.6) is 0 Å². The Morgan fingerprint density at radius 1 is 1.38 bits per heavy atom. The van der Waals surface area contributed by atoms with Gasteiger partial charge in [-0.1, -0.05) is 12.1 Å². The summed E-state index contributed by atoms with van der Waals surface area (Å²) < 4.78 is 11.6. The van der Waals surface area contributed by atoms with Crippen molar-refractivity contribution in [3.05, 3.63) is 35.4 Å². The summed E-state index contributed by atoms with van der Waals surface area (Å²) in [7, 11) is 0. The van der Waals surface area contributed by atoms with Gasteiger partial charge in [0.1, 0.15) is 0 Å². The molecule has 2 saturated heterocycles. The van der Waals surface area contributed by atoms with Gasteiger partial charge < -0.3 is 14.8 Å². The molecule has 2 unspecified atom stereocenters. The van der Waals surface area contributed by atoms with E-state index in [0.29, 0.717) is 18.7 Å². The highest BCUT2D eigenvalue weighted by Gasteiger charge is 2.45. The number of fused-ring (bicyclic) bond motifs is 2. The van der Waals surface area contributed by atoms with Crippen molar-refractivity contribution in [1.82, 2.24) is 5.32 Å². The monoisotopic (exact) mass is 216 g/mol. The lowest BCUT2D eigenvalue weighted by molar-refractivity contribution is -0.186. The lowest BCUT2D eigenvalue weighted by Crippen LogP contribution is -2.46. The predicted molar refractivity (Wildman–Crippen MR) is 56.5 cm³/mol. The maximum Gasteiger partial charge on any atom is 0.208 e. The average Bonchev–Trinajstić information content (AvgIpc) is 2.66. The molecule has 0 aliphatic carbocycles. The Kier molecular flexibility index (Phi) is 2.18. The van der Waals surface area contributed by atoms with Crippen LogP contribution in [0.15, 0.2) is 24.3 Å². The minimum Gasteiger partial charge on any atom is -0.342 e. The van der Waals surface area contributed by atoms with Gasteiger partial charge >= 0.3 is 0 Å². The second kappa shape index (κ2) is 3.56. The van der Waals surface area contributed by atoms with Crippen LogP contribution in [-0.4, -0.2) is 25.8 Å². The van der Waals surface area contributed by atoms with E-state index >= 15 is 0 Å². The van der Waals surface area contributed by atoms with E-state index in [0.717, 1.165) is 12.1 Å². The van der Waals surface area contributed by atoms with Crippen LogP contribution in [0, 0.1) is 11.3 Å². The van der Waals surface area contributed by atoms with Gasteiger partial charge in [0.25, 0.3) is 0 Å². The fraction of sp³-hybridized carbons (Fsp3) is 0.417. The van der Waals surface area contributed by atoms with Gasteiger partial charge in [-0.15, -0.1) is 0 Å². The molecule has 0 aromatic heterocycles. The first-order valence-corrected chi connectivity index (χ1v) is 5.35. The second-order valence-electron chi connectivity index (χ2n) is 4.12. The van der Waals surface area contributed by atoms with Crippen LogP contribution in [0.1, 0.15) is 11.1 Å². The zero-order valence-electron chi connectivity index (χ0n) is 8.77. The summed E-state index contributed by atoms with van der Waals surface area (Å²) in [5.74, 6) is -0.642. The largest absolute Gasteiger partial charge is 0.342 e. The van der Waals surface area contributed by atoms with Crippen molar-refractivity contribution in [1.29, 1.82) is 5.26 Å². The number of nitriles is 1. The van der Waals surface area contributed by atoms with E-state index in [-0.39, 0.29) is 6.10 Å². The number of benzene rings is 1. The topological polar surface area (TPSA) is 54.3 Å². The van der Waals surface area contributed by atoms with Gasteiger partial charge in [-0.2, -0.15) is 5.26 Å². The van der Waals surface area contributed by atoms with Crippen LogP contribution in [0.4, 0.5) is 0 Å². The Bertz CT molecular complexity index is 433. The van der Waals surface area contributed by atoms with E-state index in [9.17, 15) is 0 Å². The first-order valence-electron chi connectivity index (χ1n) is 5.35. The number of nitrogens with zero attached hydrogens (tertiary/aromatic N) is 1. The molecule has 4 nitrogen and oxygen atoms in total. The molecular formula is C12H12N2O2. The minimum atomic E-state index is -0.642. The molecule has 4 heteroatoms. The number of morpholine rings is 1. The molecule has 0 radical (unpaired) electrons. The summed E-state index contributed by atoms with van der Waals surface area (Å²) >= 11 is 0. The molecule has 2 aliphatic heterocycles. The van der Waals surface area contributed by atoms with Crippen molar-refractivity contribution < 1.29 is 9.47 Å². The molecule has 1 N–H and O–H groups in total. The molecule has 0 saturated carbocycles. The maximum atomic E-state index is 8.74. The molecule has 2 fully saturated rings. The lowest BCUT2D eigenvalue weighted by Gasteiger charge is -2.32. The van der Waals surface area contributed by atoms with Gasteiger partial charge in [0, 0.05) is 12.1 Å². The summed E-state index contributed by atoms with van der Waals surface area (Å²) in [5, 5.41) is 12.0. The molecule has 16 heavy (non-hydrogen) atoms. The van der Waals surface area contributed by atoms with Crippen molar-refractivity contribution in [2.24, 2.45) is 0 Å². The first kappa shape index (κ1) is 9.79. The third-order valence-electron chi connectivity index (χ3n) is 3.04. The number of hydrogen-bond donors (Lipinski definition) is 1. The van der Waals surface area contributed by atoms with Crippen LogP contribution >= 0.6 is 0 Å². The van der Waals surface area contributed by atoms with Gasteiger partial charge in [-0.25, -0.2) is 0 Å². The molecule has 2 aliphatic rings. The van der Waals surface area contributed by atoms with Crippen LogP contribution in [0.2, 0.25) is 0 Å². The van der Waals surface area contributed by atoms with Crippen molar-refractivity contribution in [2.75, 3.05) is 19.7 Å². The Hall–Kier alpha value is -1.41. The van der Waals surface area contributed by atoms with E-state index in [1.165, 1.54) is 0 Å². The fourth-order valence-electron chi connectivity index (χ4n) is 2.21. The van der Waals surface area contributed by atoms with Crippen molar-refractivity contribution >= 4 is 0 Å². The average molecular weight is 216 g/mol. The first-order chi connectivity index (χ1) is 7.82. The standard InChI is InChI=1S/C12H12N2O2/c13-5-9-1-3-10(4-2-9)12-8-14-6-11(16-12)7-15-12/h1-4,11,14H,6-8H2. The second-order valence-corrected chi connectivity index (χ2v) is 4.12. The van der Waals surface area contributed by atoms with Gasteiger partial charge in [0.15, 0.2) is 0 Å². The third kappa shape index (κ3) is 1.41. The molecule has 2 bridgehead atoms. The van der Waals surface area contributed by atoms with Crippen molar-refractivity contribution in [2.45, 2.75) is 11.9 Å². The highest BCUT2D eigenvalue weighted by atomic mass is 16.7. The summed E-state index contributed by atoms with van der Waals surface area (Å²) in [4.78, 5) is 0. The third-order valence-corrected chi connectivity index (χ3v) is 3.04. The Balaban J connectivity index is 1.94. The Morgan fingerprint density at radius 2 is 2.19 bits per heavy atom. The predicted octanol–water partition coefficient (Wildman–Crippen LogP) is 0.730. The molecule has 0 spiro atoms. The Labute approximate surface area is 93.8 Å². The Morgan fingerprint density at radius 3 is 2.94 bits per heavy atom. The summed E-state index contributed by atoms with van der Waals surface area (Å²) in [5.41, 5.74) is 1.62. The minimum absolute atomic E-state index is 0.143. The van der Waals surface area contributed by atoms with Crippen molar-refractivity contribution in [3.8, 4) is 6.07 Å². The van der Waals surface area contributed by atoms with Crippen LogP contribution in [0.25, 0.3) is 0 Å². The summed E-state index contributed by atoms with van der Waals surface area (Å²) in [6.07, 6.45) is 0.143. The highest BCUT2D eigenvalue weighted by Crippen LogP contribution is 2.35. The summed E-state index contributed by atoms with van der Waals surface area (Å²) in [6.45, 7) is 2.14. The summed E-state index contributed by atoms with van der Waals surface area (Å²) in [6, 6.07) is 9.48. The normalized spacial score (nSPS) is 32.3. The molecule has 0 amide bonds. The van der Waals surface area contributed by atoms with Crippen LogP contribution in [-0.2, 0) is 15.3 Å². The zero-order chi connectivity index (χ0) is 11.0. The quantitative estimate of drug-likeness (QED) is 0.752. The molecule has 1 aromatic rings. The van der Waals surface area contributed by atoms with E-state index < -0.39 is 5.79 Å². The number of ether oxygens (including phenoxy) is 2. The SMILES string of the molecule is N#Cc1ccc(C23CNCC(CO2)O3)cc1. The van der Waals surface area contributed by atoms with Gasteiger partial charge in [0.2, 0.25) is 5.79 Å². The molecule has 3 rings (SSSR count). The van der Waals surface area contributed by atoms with Gasteiger partial charge in [0.05, 0.1) is 30.9 Å². The smallest absolute Gasteiger partial charge is 0.208 e.